The highest BCUT2D eigenvalue weighted by Gasteiger charge is 2.21. The van der Waals surface area contributed by atoms with E-state index in [0.29, 0.717) is 0 Å². The van der Waals surface area contributed by atoms with E-state index in [9.17, 15) is 4.79 Å². The average Bonchev–Trinajstić information content (AvgIpc) is 2.57. The molecule has 0 saturated carbocycles. The predicted octanol–water partition coefficient (Wildman–Crippen LogP) is 3.58. The summed E-state index contributed by atoms with van der Waals surface area (Å²) in [6.45, 7) is 3.99. The lowest BCUT2D eigenvalue weighted by molar-refractivity contribution is 0.381. The van der Waals surface area contributed by atoms with Gasteiger partial charge >= 0.3 is 0 Å². The molecule has 1 aromatic carbocycles. The summed E-state index contributed by atoms with van der Waals surface area (Å²) in [6, 6.07) is 8.82. The van der Waals surface area contributed by atoms with Crippen LogP contribution in [0.25, 0.3) is 0 Å². The number of H-pyrrole nitrogens is 1. The van der Waals surface area contributed by atoms with Gasteiger partial charge in [0.25, 0.3) is 5.56 Å². The van der Waals surface area contributed by atoms with Gasteiger partial charge in [-0.15, -0.1) is 0 Å². The van der Waals surface area contributed by atoms with Crippen molar-refractivity contribution in [3.8, 4) is 0 Å². The van der Waals surface area contributed by atoms with Crippen LogP contribution in [-0.4, -0.2) is 23.3 Å². The van der Waals surface area contributed by atoms with Crippen LogP contribution in [0.4, 0.5) is 5.69 Å². The number of rotatable bonds is 4. The molecule has 122 valence electrons. The zero-order valence-corrected chi connectivity index (χ0v) is 14.1. The normalized spacial score (nSPS) is 15.8. The van der Waals surface area contributed by atoms with Crippen LogP contribution < -0.4 is 10.5 Å². The summed E-state index contributed by atoms with van der Waals surface area (Å²) in [5.41, 5.74) is 3.17. The van der Waals surface area contributed by atoms with Crippen LogP contribution in [0.1, 0.15) is 30.4 Å². The molecule has 0 unspecified atom stereocenters. The third-order valence-corrected chi connectivity index (χ3v) is 5.06. The molecular weight excluding hydrogens is 310 g/mol. The first kappa shape index (κ1) is 16.1. The van der Waals surface area contributed by atoms with Crippen LogP contribution in [0.5, 0.6) is 0 Å². The molecule has 0 amide bonds. The summed E-state index contributed by atoms with van der Waals surface area (Å²) in [5, 5.41) is 6.47. The summed E-state index contributed by atoms with van der Waals surface area (Å²) in [4.78, 5) is 13.7. The van der Waals surface area contributed by atoms with Crippen molar-refractivity contribution in [2.75, 3.05) is 18.0 Å². The Kier molecular flexibility index (Phi) is 5.01. The van der Waals surface area contributed by atoms with Crippen LogP contribution in [0.15, 0.2) is 35.3 Å². The van der Waals surface area contributed by atoms with Gasteiger partial charge in [0.15, 0.2) is 0 Å². The van der Waals surface area contributed by atoms with E-state index in [-0.39, 0.29) is 10.6 Å². The lowest BCUT2D eigenvalue weighted by atomic mass is 9.90. The SMILES string of the molecule is Cc1ccc(CCC2CCN(c3cn[nH]c(=O)c3Cl)CC2)cc1. The molecule has 0 spiro atoms. The second-order valence-electron chi connectivity index (χ2n) is 6.35. The standard InChI is InChI=1S/C18H22ClN3O/c1-13-2-4-14(5-3-13)6-7-15-8-10-22(11-9-15)16-12-20-21-18(23)17(16)19/h2-5,12,15H,6-11H2,1H3,(H,21,23). The first-order valence-electron chi connectivity index (χ1n) is 8.17. The van der Waals surface area contributed by atoms with Gasteiger partial charge in [0.2, 0.25) is 0 Å². The van der Waals surface area contributed by atoms with Gasteiger partial charge in [-0.1, -0.05) is 41.4 Å². The Labute approximate surface area is 141 Å². The van der Waals surface area contributed by atoms with Crippen LogP contribution >= 0.6 is 11.6 Å². The molecule has 0 aliphatic carbocycles. The summed E-state index contributed by atoms with van der Waals surface area (Å²) in [5.74, 6) is 0.737. The monoisotopic (exact) mass is 331 g/mol. The highest BCUT2D eigenvalue weighted by molar-refractivity contribution is 6.32. The Morgan fingerprint density at radius 1 is 1.26 bits per heavy atom. The van der Waals surface area contributed by atoms with E-state index >= 15 is 0 Å². The average molecular weight is 332 g/mol. The topological polar surface area (TPSA) is 49.0 Å². The number of aromatic amines is 1. The van der Waals surface area contributed by atoms with E-state index in [1.54, 1.807) is 6.20 Å². The van der Waals surface area contributed by atoms with Crippen molar-refractivity contribution in [1.29, 1.82) is 0 Å². The summed E-state index contributed by atoms with van der Waals surface area (Å²) < 4.78 is 0. The molecule has 0 radical (unpaired) electrons. The van der Waals surface area contributed by atoms with Gasteiger partial charge in [-0.3, -0.25) is 4.79 Å². The van der Waals surface area contributed by atoms with E-state index < -0.39 is 0 Å². The van der Waals surface area contributed by atoms with E-state index in [0.717, 1.165) is 44.0 Å². The molecule has 23 heavy (non-hydrogen) atoms. The van der Waals surface area contributed by atoms with Crippen molar-refractivity contribution >= 4 is 17.3 Å². The fraction of sp³-hybridized carbons (Fsp3) is 0.444. The maximum absolute atomic E-state index is 11.6. The van der Waals surface area contributed by atoms with Crippen molar-refractivity contribution in [3.05, 3.63) is 57.0 Å². The lowest BCUT2D eigenvalue weighted by Gasteiger charge is -2.33. The number of anilines is 1. The third-order valence-electron chi connectivity index (χ3n) is 4.69. The molecular formula is C18H22ClN3O. The number of halogens is 1. The van der Waals surface area contributed by atoms with E-state index in [1.807, 2.05) is 0 Å². The summed E-state index contributed by atoms with van der Waals surface area (Å²) in [7, 11) is 0. The number of nitrogens with one attached hydrogen (secondary N) is 1. The molecule has 4 nitrogen and oxygen atoms in total. The maximum atomic E-state index is 11.6. The third kappa shape index (κ3) is 3.94. The molecule has 1 saturated heterocycles. The lowest BCUT2D eigenvalue weighted by Crippen LogP contribution is -2.35. The second kappa shape index (κ2) is 7.18. The molecule has 2 heterocycles. The molecule has 3 rings (SSSR count). The molecule has 1 N–H and O–H groups in total. The number of nitrogens with zero attached hydrogens (tertiary/aromatic N) is 2. The van der Waals surface area contributed by atoms with Crippen LogP contribution in [0.3, 0.4) is 0 Å². The minimum absolute atomic E-state index is 0.248. The number of aryl methyl sites for hydroxylation is 2. The van der Waals surface area contributed by atoms with Crippen LogP contribution in [0, 0.1) is 12.8 Å². The minimum Gasteiger partial charge on any atom is -0.369 e. The van der Waals surface area contributed by atoms with Crippen molar-refractivity contribution in [1.82, 2.24) is 10.2 Å². The Morgan fingerprint density at radius 2 is 1.96 bits per heavy atom. The molecule has 5 heteroatoms. The number of hydrogen-bond acceptors (Lipinski definition) is 3. The van der Waals surface area contributed by atoms with Crippen molar-refractivity contribution < 1.29 is 0 Å². The van der Waals surface area contributed by atoms with Gasteiger partial charge in [-0.25, -0.2) is 5.10 Å². The Hall–Kier alpha value is -1.81. The van der Waals surface area contributed by atoms with Crippen molar-refractivity contribution in [2.24, 2.45) is 5.92 Å². The number of benzene rings is 1. The number of aromatic nitrogens is 2. The Bertz CT molecular complexity index is 703. The minimum atomic E-state index is -0.314. The summed E-state index contributed by atoms with van der Waals surface area (Å²) in [6.07, 6.45) is 6.27. The Morgan fingerprint density at radius 3 is 2.65 bits per heavy atom. The fourth-order valence-electron chi connectivity index (χ4n) is 3.18. The summed E-state index contributed by atoms with van der Waals surface area (Å²) >= 11 is 6.09. The maximum Gasteiger partial charge on any atom is 0.285 e. The van der Waals surface area contributed by atoms with Crippen molar-refractivity contribution in [2.45, 2.75) is 32.6 Å². The van der Waals surface area contributed by atoms with E-state index in [4.69, 9.17) is 11.6 Å². The highest BCUT2D eigenvalue weighted by atomic mass is 35.5. The molecule has 1 fully saturated rings. The molecule has 1 aromatic heterocycles. The molecule has 1 aliphatic heterocycles. The Balaban J connectivity index is 1.53. The highest BCUT2D eigenvalue weighted by Crippen LogP contribution is 2.28. The van der Waals surface area contributed by atoms with Gasteiger partial charge in [0.05, 0.1) is 11.9 Å². The zero-order chi connectivity index (χ0) is 16.2. The van der Waals surface area contributed by atoms with Gasteiger partial charge in [0, 0.05) is 13.1 Å². The number of piperidine rings is 1. The van der Waals surface area contributed by atoms with Crippen LogP contribution in [-0.2, 0) is 6.42 Å². The predicted molar refractivity (Wildman–Crippen MR) is 94.3 cm³/mol. The molecule has 1 aliphatic rings. The van der Waals surface area contributed by atoms with E-state index in [2.05, 4.69) is 46.3 Å². The van der Waals surface area contributed by atoms with Crippen molar-refractivity contribution in [3.63, 3.8) is 0 Å². The molecule has 0 bridgehead atoms. The van der Waals surface area contributed by atoms with Gasteiger partial charge in [-0.2, -0.15) is 5.10 Å². The second-order valence-corrected chi connectivity index (χ2v) is 6.73. The first-order valence-corrected chi connectivity index (χ1v) is 8.55. The zero-order valence-electron chi connectivity index (χ0n) is 13.4. The molecule has 0 atom stereocenters. The van der Waals surface area contributed by atoms with E-state index in [1.165, 1.54) is 17.5 Å². The van der Waals surface area contributed by atoms with Gasteiger partial charge in [-0.05, 0) is 44.1 Å². The largest absolute Gasteiger partial charge is 0.369 e. The van der Waals surface area contributed by atoms with Gasteiger partial charge < -0.3 is 4.90 Å². The first-order chi connectivity index (χ1) is 11.1. The van der Waals surface area contributed by atoms with Gasteiger partial charge in [0.1, 0.15) is 5.02 Å². The van der Waals surface area contributed by atoms with Crippen LogP contribution in [0.2, 0.25) is 5.02 Å². The smallest absolute Gasteiger partial charge is 0.285 e. The number of hydrogen-bond donors (Lipinski definition) is 1. The molecule has 2 aromatic rings. The quantitative estimate of drug-likeness (QED) is 0.931. The fourth-order valence-corrected chi connectivity index (χ4v) is 3.39.